The highest BCUT2D eigenvalue weighted by molar-refractivity contribution is 8.15. The summed E-state index contributed by atoms with van der Waals surface area (Å²) in [6.45, 7) is 5.95. The molecule has 4 nitrogen and oxygen atoms in total. The van der Waals surface area contributed by atoms with Gasteiger partial charge in [-0.3, -0.25) is 0 Å². The van der Waals surface area contributed by atoms with E-state index in [0.29, 0.717) is 0 Å². The monoisotopic (exact) mass is 566 g/mol. The molecule has 0 fully saturated rings. The molecule has 0 amide bonds. The second kappa shape index (κ2) is 12.5. The van der Waals surface area contributed by atoms with Gasteiger partial charge in [-0.2, -0.15) is 0 Å². The molecule has 2 heterocycles. The van der Waals surface area contributed by atoms with Crippen molar-refractivity contribution in [2.24, 2.45) is 9.98 Å². The van der Waals surface area contributed by atoms with E-state index in [9.17, 15) is 0 Å². The summed E-state index contributed by atoms with van der Waals surface area (Å²) in [5, 5.41) is 4.42. The molecule has 6 heteroatoms. The van der Waals surface area contributed by atoms with Gasteiger partial charge in [0.15, 0.2) is 0 Å². The fourth-order valence-corrected chi connectivity index (χ4v) is 7.05. The van der Waals surface area contributed by atoms with Gasteiger partial charge >= 0.3 is 0 Å². The maximum atomic E-state index is 5.90. The van der Waals surface area contributed by atoms with Gasteiger partial charge in [0.05, 0.1) is 24.6 Å². The molecular weight excluding hydrogens is 533 g/mol. The highest BCUT2D eigenvalue weighted by atomic mass is 32.2. The summed E-state index contributed by atoms with van der Waals surface area (Å²) in [6, 6.07) is 25.4. The van der Waals surface area contributed by atoms with E-state index >= 15 is 0 Å². The van der Waals surface area contributed by atoms with Crippen molar-refractivity contribution in [3.63, 3.8) is 0 Å². The molecule has 0 saturated carbocycles. The Hall–Kier alpha value is -3.22. The maximum Gasteiger partial charge on any atom is 0.119 e. The molecular formula is C34H34N2O2S2. The third-order valence-electron chi connectivity index (χ3n) is 7.13. The summed E-state index contributed by atoms with van der Waals surface area (Å²) in [5.74, 6) is 1.83. The van der Waals surface area contributed by atoms with Crippen LogP contribution >= 0.6 is 23.5 Å². The van der Waals surface area contributed by atoms with Gasteiger partial charge in [0, 0.05) is 31.7 Å². The average molecular weight is 567 g/mol. The normalized spacial score (nSPS) is 13.7. The second-order valence-electron chi connectivity index (χ2n) is 10.1. The first-order chi connectivity index (χ1) is 19.7. The predicted octanol–water partition coefficient (Wildman–Crippen LogP) is 10.3. The molecule has 4 aromatic carbocycles. The summed E-state index contributed by atoms with van der Waals surface area (Å²) in [6.07, 6.45) is 6.99. The van der Waals surface area contributed by atoms with Crippen LogP contribution in [0.4, 0.5) is 11.4 Å². The second-order valence-corrected chi connectivity index (χ2v) is 12.2. The molecule has 0 N–H and O–H groups in total. The lowest BCUT2D eigenvalue weighted by molar-refractivity contribution is 0.306. The molecule has 0 aromatic heterocycles. The summed E-state index contributed by atoms with van der Waals surface area (Å²) < 4.78 is 11.8. The zero-order valence-corrected chi connectivity index (χ0v) is 24.7. The molecule has 204 valence electrons. The first-order valence-corrected chi connectivity index (χ1v) is 16.0. The number of rotatable bonds is 12. The summed E-state index contributed by atoms with van der Waals surface area (Å²) in [4.78, 5) is 12.6. The number of aliphatic imine (C=N–C) groups is 2. The van der Waals surface area contributed by atoms with Gasteiger partial charge in [-0.15, -0.1) is 0 Å². The number of ether oxygens (including phenoxy) is 2. The predicted molar refractivity (Wildman–Crippen MR) is 171 cm³/mol. The number of thioether (sulfide) groups is 2. The highest BCUT2D eigenvalue weighted by Gasteiger charge is 2.24. The summed E-state index contributed by atoms with van der Waals surface area (Å²) in [5.41, 5.74) is 4.23. The minimum absolute atomic E-state index is 0.768. The Bertz CT molecular complexity index is 1440. The van der Waals surface area contributed by atoms with Gasteiger partial charge < -0.3 is 9.47 Å². The molecule has 2 aliphatic rings. The van der Waals surface area contributed by atoms with E-state index in [-0.39, 0.29) is 0 Å². The minimum Gasteiger partial charge on any atom is -0.494 e. The Morgan fingerprint density at radius 3 is 1.35 bits per heavy atom. The highest BCUT2D eigenvalue weighted by Crippen LogP contribution is 2.50. The Kier molecular flexibility index (Phi) is 8.45. The van der Waals surface area contributed by atoms with Crippen LogP contribution in [0.2, 0.25) is 0 Å². The van der Waals surface area contributed by atoms with Gasteiger partial charge in [0.1, 0.15) is 21.6 Å². The maximum absolute atomic E-state index is 5.90. The lowest BCUT2D eigenvalue weighted by atomic mass is 10.1. The number of hydrogen-bond acceptors (Lipinski definition) is 6. The van der Waals surface area contributed by atoms with Crippen LogP contribution in [0.3, 0.4) is 0 Å². The quantitative estimate of drug-likeness (QED) is 0.160. The molecule has 40 heavy (non-hydrogen) atoms. The Labute approximate surface area is 245 Å². The number of nitrogens with zero attached hydrogens (tertiary/aromatic N) is 2. The van der Waals surface area contributed by atoms with Gasteiger partial charge in [-0.25, -0.2) is 9.98 Å². The molecule has 0 spiro atoms. The molecule has 4 aromatic rings. The summed E-state index contributed by atoms with van der Waals surface area (Å²) >= 11 is 3.46. The van der Waals surface area contributed by atoms with Crippen molar-refractivity contribution in [3.05, 3.63) is 83.9 Å². The van der Waals surface area contributed by atoms with Crippen molar-refractivity contribution in [3.8, 4) is 11.5 Å². The zero-order chi connectivity index (χ0) is 27.3. The van der Waals surface area contributed by atoms with Crippen molar-refractivity contribution in [1.82, 2.24) is 0 Å². The van der Waals surface area contributed by atoms with Gasteiger partial charge in [-0.1, -0.05) is 63.1 Å². The Morgan fingerprint density at radius 2 is 0.950 bits per heavy atom. The van der Waals surface area contributed by atoms with E-state index in [1.165, 1.54) is 46.2 Å². The minimum atomic E-state index is 0.768. The van der Waals surface area contributed by atoms with Gasteiger partial charge in [-0.05, 0) is 85.6 Å². The lowest BCUT2D eigenvalue weighted by Gasteiger charge is -2.22. The molecule has 0 radical (unpaired) electrons. The summed E-state index contributed by atoms with van der Waals surface area (Å²) in [7, 11) is 0. The SMILES string of the molecule is CCCCCOc1ccc(C2=Nc3ccc4c5c(ccc(c35)S2)N=C(c2ccc(OCCCCC)cc2)S4)cc1. The zero-order valence-electron chi connectivity index (χ0n) is 23.1. The van der Waals surface area contributed by atoms with Gasteiger partial charge in [0.25, 0.3) is 0 Å². The van der Waals surface area contributed by atoms with Crippen molar-refractivity contribution < 1.29 is 9.47 Å². The first-order valence-electron chi connectivity index (χ1n) is 14.3. The number of hydrogen-bond donors (Lipinski definition) is 0. The Balaban J connectivity index is 1.22. The van der Waals surface area contributed by atoms with Crippen molar-refractivity contribution in [2.75, 3.05) is 13.2 Å². The van der Waals surface area contributed by atoms with Crippen LogP contribution in [0.5, 0.6) is 11.5 Å². The standard InChI is InChI=1S/C34H34N2O2S2/c1-3-5-7-21-37-25-13-9-23(10-14-25)33-35-27-17-20-30-32-28(18-19-29(39-33)31(27)32)36-34(40-30)24-11-15-26(16-12-24)38-22-8-6-4-2/h9-20H,3-8,21-22H2,1-2H3. The van der Waals surface area contributed by atoms with Crippen LogP contribution in [0.25, 0.3) is 10.8 Å². The molecule has 6 rings (SSSR count). The fraction of sp³-hybridized carbons (Fsp3) is 0.294. The van der Waals surface area contributed by atoms with E-state index in [0.717, 1.165) is 70.1 Å². The molecule has 2 aliphatic heterocycles. The fourth-order valence-electron chi connectivity index (χ4n) is 4.95. The Morgan fingerprint density at radius 1 is 0.525 bits per heavy atom. The largest absolute Gasteiger partial charge is 0.494 e. The smallest absolute Gasteiger partial charge is 0.119 e. The topological polar surface area (TPSA) is 43.2 Å². The van der Waals surface area contributed by atoms with Gasteiger partial charge in [0.2, 0.25) is 0 Å². The van der Waals surface area contributed by atoms with Crippen LogP contribution in [-0.2, 0) is 0 Å². The van der Waals surface area contributed by atoms with Crippen molar-refractivity contribution in [1.29, 1.82) is 0 Å². The van der Waals surface area contributed by atoms with Crippen LogP contribution in [0, 0.1) is 0 Å². The first kappa shape index (κ1) is 27.0. The van der Waals surface area contributed by atoms with Crippen molar-refractivity contribution >= 4 is 55.8 Å². The van der Waals surface area contributed by atoms with E-state index in [4.69, 9.17) is 19.5 Å². The van der Waals surface area contributed by atoms with Crippen LogP contribution in [-0.4, -0.2) is 23.3 Å². The lowest BCUT2D eigenvalue weighted by Crippen LogP contribution is -2.03. The van der Waals surface area contributed by atoms with E-state index in [1.54, 1.807) is 23.5 Å². The average Bonchev–Trinajstić information content (AvgIpc) is 3.00. The van der Waals surface area contributed by atoms with Crippen LogP contribution in [0.15, 0.2) is 92.6 Å². The van der Waals surface area contributed by atoms with Crippen LogP contribution in [0.1, 0.15) is 63.5 Å². The third-order valence-corrected chi connectivity index (χ3v) is 9.29. The van der Waals surface area contributed by atoms with Crippen molar-refractivity contribution in [2.45, 2.75) is 62.2 Å². The molecule has 0 aliphatic carbocycles. The molecule has 0 atom stereocenters. The third kappa shape index (κ3) is 5.79. The van der Waals surface area contributed by atoms with E-state index in [2.05, 4.69) is 86.6 Å². The van der Waals surface area contributed by atoms with E-state index < -0.39 is 0 Å². The molecule has 0 saturated heterocycles. The number of unbranched alkanes of at least 4 members (excludes halogenated alkanes) is 4. The van der Waals surface area contributed by atoms with E-state index in [1.807, 2.05) is 0 Å². The number of benzene rings is 4. The van der Waals surface area contributed by atoms with Crippen LogP contribution < -0.4 is 9.47 Å². The molecule has 0 bridgehead atoms. The molecule has 0 unspecified atom stereocenters.